The molecule has 6 heteroatoms. The Morgan fingerprint density at radius 1 is 1.56 bits per heavy atom. The standard InChI is InChI=1S/C10H13Br2NO2S/c1-15-5-4-13(3-2-11)10(14)8-6-9(12)16-7-8/h6-7H,2-5H2,1H3. The van der Waals surface area contributed by atoms with Gasteiger partial charge in [-0.3, -0.25) is 4.79 Å². The summed E-state index contributed by atoms with van der Waals surface area (Å²) in [6.45, 7) is 1.87. The number of halogens is 2. The van der Waals surface area contributed by atoms with Crippen molar-refractivity contribution in [3.63, 3.8) is 0 Å². The van der Waals surface area contributed by atoms with Crippen LogP contribution in [-0.4, -0.2) is 42.9 Å². The van der Waals surface area contributed by atoms with Gasteiger partial charge in [-0.25, -0.2) is 0 Å². The van der Waals surface area contributed by atoms with Crippen LogP contribution in [0.5, 0.6) is 0 Å². The molecular formula is C10H13Br2NO2S. The molecule has 0 aliphatic heterocycles. The summed E-state index contributed by atoms with van der Waals surface area (Å²) in [5.41, 5.74) is 0.730. The van der Waals surface area contributed by atoms with E-state index in [2.05, 4.69) is 31.9 Å². The van der Waals surface area contributed by atoms with Gasteiger partial charge in [0.1, 0.15) is 0 Å². The Morgan fingerprint density at radius 3 is 2.81 bits per heavy atom. The van der Waals surface area contributed by atoms with E-state index < -0.39 is 0 Å². The van der Waals surface area contributed by atoms with Crippen molar-refractivity contribution < 1.29 is 9.53 Å². The number of nitrogens with zero attached hydrogens (tertiary/aromatic N) is 1. The van der Waals surface area contributed by atoms with E-state index in [0.29, 0.717) is 19.7 Å². The minimum atomic E-state index is 0.0541. The molecule has 1 amide bonds. The lowest BCUT2D eigenvalue weighted by Gasteiger charge is -2.20. The SMILES string of the molecule is COCCN(CCBr)C(=O)c1csc(Br)c1. The fraction of sp³-hybridized carbons (Fsp3) is 0.500. The number of amides is 1. The molecular weight excluding hydrogens is 358 g/mol. The van der Waals surface area contributed by atoms with Crippen LogP contribution < -0.4 is 0 Å². The number of ether oxygens (including phenoxy) is 1. The van der Waals surface area contributed by atoms with Gasteiger partial charge in [0.05, 0.1) is 16.0 Å². The van der Waals surface area contributed by atoms with Crippen LogP contribution in [0.4, 0.5) is 0 Å². The van der Waals surface area contributed by atoms with Crippen molar-refractivity contribution in [2.45, 2.75) is 0 Å². The average Bonchev–Trinajstić information content (AvgIpc) is 2.70. The van der Waals surface area contributed by atoms with Gasteiger partial charge in [0.15, 0.2) is 0 Å². The number of alkyl halides is 1. The summed E-state index contributed by atoms with van der Waals surface area (Å²) < 4.78 is 5.97. The molecule has 0 aliphatic carbocycles. The number of rotatable bonds is 6. The number of carbonyl (C=O) groups is 1. The summed E-state index contributed by atoms with van der Waals surface area (Å²) in [6.07, 6.45) is 0. The van der Waals surface area contributed by atoms with Crippen molar-refractivity contribution in [1.29, 1.82) is 0 Å². The van der Waals surface area contributed by atoms with Gasteiger partial charge < -0.3 is 9.64 Å². The molecule has 3 nitrogen and oxygen atoms in total. The maximum absolute atomic E-state index is 12.1. The van der Waals surface area contributed by atoms with Gasteiger partial charge in [-0.05, 0) is 22.0 Å². The number of hydrogen-bond acceptors (Lipinski definition) is 3. The highest BCUT2D eigenvalue weighted by Crippen LogP contribution is 2.21. The maximum atomic E-state index is 12.1. The molecule has 0 aliphatic rings. The minimum Gasteiger partial charge on any atom is -0.383 e. The number of methoxy groups -OCH3 is 1. The zero-order chi connectivity index (χ0) is 12.0. The third-order valence-corrected chi connectivity index (χ3v) is 3.88. The summed E-state index contributed by atoms with van der Waals surface area (Å²) in [5.74, 6) is 0.0541. The third-order valence-electron chi connectivity index (χ3n) is 2.02. The van der Waals surface area contributed by atoms with E-state index >= 15 is 0 Å². The van der Waals surface area contributed by atoms with Crippen molar-refractivity contribution in [2.24, 2.45) is 0 Å². The van der Waals surface area contributed by atoms with E-state index in [1.165, 1.54) is 11.3 Å². The van der Waals surface area contributed by atoms with E-state index in [1.54, 1.807) is 12.0 Å². The Hall–Kier alpha value is 0.0900. The van der Waals surface area contributed by atoms with Crippen molar-refractivity contribution in [1.82, 2.24) is 4.90 Å². The number of carbonyl (C=O) groups excluding carboxylic acids is 1. The molecule has 0 aromatic carbocycles. The van der Waals surface area contributed by atoms with Crippen molar-refractivity contribution in [3.8, 4) is 0 Å². The molecule has 1 aromatic heterocycles. The number of hydrogen-bond donors (Lipinski definition) is 0. The van der Waals surface area contributed by atoms with E-state index in [0.717, 1.165) is 14.7 Å². The Kier molecular flexibility index (Phi) is 6.57. The zero-order valence-corrected chi connectivity index (χ0v) is 12.9. The first-order valence-corrected chi connectivity index (χ1v) is 7.56. The highest BCUT2D eigenvalue weighted by atomic mass is 79.9. The van der Waals surface area contributed by atoms with E-state index in [-0.39, 0.29) is 5.91 Å². The fourth-order valence-electron chi connectivity index (χ4n) is 1.22. The Morgan fingerprint density at radius 2 is 2.31 bits per heavy atom. The van der Waals surface area contributed by atoms with Crippen LogP contribution in [0.2, 0.25) is 0 Å². The van der Waals surface area contributed by atoms with E-state index in [1.807, 2.05) is 11.4 Å². The Balaban J connectivity index is 2.66. The summed E-state index contributed by atoms with van der Waals surface area (Å²) in [5, 5.41) is 2.63. The Bertz CT molecular complexity index is 343. The lowest BCUT2D eigenvalue weighted by Crippen LogP contribution is -2.35. The predicted molar refractivity (Wildman–Crippen MR) is 73.6 cm³/mol. The normalized spacial score (nSPS) is 10.4. The zero-order valence-electron chi connectivity index (χ0n) is 8.91. The molecule has 0 unspecified atom stereocenters. The Labute approximate surface area is 116 Å². The topological polar surface area (TPSA) is 29.5 Å². The molecule has 16 heavy (non-hydrogen) atoms. The maximum Gasteiger partial charge on any atom is 0.254 e. The van der Waals surface area contributed by atoms with Crippen LogP contribution in [0.3, 0.4) is 0 Å². The van der Waals surface area contributed by atoms with Crippen LogP contribution in [0, 0.1) is 0 Å². The molecule has 0 N–H and O–H groups in total. The monoisotopic (exact) mass is 369 g/mol. The molecule has 1 aromatic rings. The highest BCUT2D eigenvalue weighted by molar-refractivity contribution is 9.11. The molecule has 0 saturated heterocycles. The van der Waals surface area contributed by atoms with Crippen LogP contribution in [0.25, 0.3) is 0 Å². The average molecular weight is 371 g/mol. The first kappa shape index (κ1) is 14.2. The fourth-order valence-corrected chi connectivity index (χ4v) is 2.78. The summed E-state index contributed by atoms with van der Waals surface area (Å²) in [6, 6.07) is 1.85. The highest BCUT2D eigenvalue weighted by Gasteiger charge is 2.15. The summed E-state index contributed by atoms with van der Waals surface area (Å²) in [4.78, 5) is 13.9. The van der Waals surface area contributed by atoms with Crippen LogP contribution in [-0.2, 0) is 4.74 Å². The van der Waals surface area contributed by atoms with Crippen molar-refractivity contribution in [3.05, 3.63) is 20.8 Å². The molecule has 0 spiro atoms. The molecule has 0 bridgehead atoms. The minimum absolute atomic E-state index is 0.0541. The van der Waals surface area contributed by atoms with Gasteiger partial charge in [-0.1, -0.05) is 15.9 Å². The second-order valence-corrected chi connectivity index (χ2v) is 6.20. The molecule has 1 heterocycles. The van der Waals surface area contributed by atoms with Crippen LogP contribution in [0.1, 0.15) is 10.4 Å². The molecule has 0 fully saturated rings. The molecule has 0 atom stereocenters. The first-order valence-electron chi connectivity index (χ1n) is 4.77. The largest absolute Gasteiger partial charge is 0.383 e. The van der Waals surface area contributed by atoms with Gasteiger partial charge in [0.25, 0.3) is 5.91 Å². The summed E-state index contributed by atoms with van der Waals surface area (Å²) in [7, 11) is 1.64. The third kappa shape index (κ3) is 4.16. The molecule has 0 radical (unpaired) electrons. The van der Waals surface area contributed by atoms with Crippen LogP contribution >= 0.6 is 43.2 Å². The van der Waals surface area contributed by atoms with Crippen molar-refractivity contribution >= 4 is 49.1 Å². The molecule has 1 rings (SSSR count). The first-order chi connectivity index (χ1) is 7.69. The predicted octanol–water partition coefficient (Wildman–Crippen LogP) is 2.99. The van der Waals surface area contributed by atoms with E-state index in [9.17, 15) is 4.79 Å². The van der Waals surface area contributed by atoms with Crippen LogP contribution in [0.15, 0.2) is 15.2 Å². The smallest absolute Gasteiger partial charge is 0.254 e. The second kappa shape index (κ2) is 7.42. The summed E-state index contributed by atoms with van der Waals surface area (Å²) >= 11 is 8.22. The van der Waals surface area contributed by atoms with Gasteiger partial charge in [-0.2, -0.15) is 0 Å². The quantitative estimate of drug-likeness (QED) is 0.720. The number of thiophene rings is 1. The van der Waals surface area contributed by atoms with Crippen molar-refractivity contribution in [2.75, 3.05) is 32.1 Å². The van der Waals surface area contributed by atoms with Gasteiger partial charge in [0, 0.05) is 30.9 Å². The molecule has 0 saturated carbocycles. The van der Waals surface area contributed by atoms with Gasteiger partial charge in [0.2, 0.25) is 0 Å². The van der Waals surface area contributed by atoms with E-state index in [4.69, 9.17) is 4.74 Å². The van der Waals surface area contributed by atoms with Gasteiger partial charge in [-0.15, -0.1) is 11.3 Å². The van der Waals surface area contributed by atoms with Gasteiger partial charge >= 0.3 is 0 Å². The lowest BCUT2D eigenvalue weighted by atomic mass is 10.3. The molecule has 90 valence electrons. The lowest BCUT2D eigenvalue weighted by molar-refractivity contribution is 0.0709. The second-order valence-electron chi connectivity index (χ2n) is 3.11.